The molecule has 0 aliphatic rings. The van der Waals surface area contributed by atoms with Crippen molar-refractivity contribution in [2.45, 2.75) is 26.3 Å². The van der Waals surface area contributed by atoms with Gasteiger partial charge in [-0.3, -0.25) is 0 Å². The Kier molecular flexibility index (Phi) is 5.00. The molecule has 1 N–H and O–H groups in total. The van der Waals surface area contributed by atoms with Crippen LogP contribution < -0.4 is 5.32 Å². The van der Waals surface area contributed by atoms with E-state index in [1.54, 1.807) is 0 Å². The fraction of sp³-hybridized carbons (Fsp3) is 0.545. The minimum Gasteiger partial charge on any atom is -0.335 e. The highest BCUT2D eigenvalue weighted by Crippen LogP contribution is 1.99. The number of aromatic nitrogens is 2. The Morgan fingerprint density at radius 2 is 2.36 bits per heavy atom. The first-order valence-electron chi connectivity index (χ1n) is 5.18. The molecule has 0 atom stereocenters. The van der Waals surface area contributed by atoms with E-state index in [1.165, 1.54) is 0 Å². The van der Waals surface area contributed by atoms with Crippen LogP contribution in [-0.4, -0.2) is 23.1 Å². The van der Waals surface area contributed by atoms with Gasteiger partial charge in [0.05, 0.1) is 0 Å². The fourth-order valence-electron chi connectivity index (χ4n) is 1.35. The van der Waals surface area contributed by atoms with Crippen LogP contribution in [-0.2, 0) is 13.0 Å². The lowest BCUT2D eigenvalue weighted by Gasteiger charge is -2.00. The molecular formula is C11H19N3. The standard InChI is InChI=1S/C11H19N3/c1-3-14-10-9-13-11(14)7-5-4-6-8-12-2/h4-5,9-10,12H,3,6-8H2,1-2H3. The summed E-state index contributed by atoms with van der Waals surface area (Å²) in [6.07, 6.45) is 10.3. The third-order valence-electron chi connectivity index (χ3n) is 2.17. The molecule has 0 saturated heterocycles. The van der Waals surface area contributed by atoms with Crippen LogP contribution in [0.1, 0.15) is 19.2 Å². The summed E-state index contributed by atoms with van der Waals surface area (Å²) in [6, 6.07) is 0. The summed E-state index contributed by atoms with van der Waals surface area (Å²) in [7, 11) is 1.97. The predicted molar refractivity (Wildman–Crippen MR) is 59.3 cm³/mol. The van der Waals surface area contributed by atoms with Crippen LogP contribution in [0.5, 0.6) is 0 Å². The zero-order valence-electron chi connectivity index (χ0n) is 9.03. The van der Waals surface area contributed by atoms with Gasteiger partial charge in [0.1, 0.15) is 5.82 Å². The molecular weight excluding hydrogens is 174 g/mol. The molecule has 1 aromatic heterocycles. The van der Waals surface area contributed by atoms with Crippen molar-refractivity contribution in [1.82, 2.24) is 14.9 Å². The minimum atomic E-state index is 0.935. The Labute approximate surface area is 85.8 Å². The molecule has 3 heteroatoms. The van der Waals surface area contributed by atoms with E-state index in [9.17, 15) is 0 Å². The smallest absolute Gasteiger partial charge is 0.112 e. The lowest BCUT2D eigenvalue weighted by atomic mass is 10.3. The molecule has 0 saturated carbocycles. The van der Waals surface area contributed by atoms with E-state index in [1.807, 2.05) is 19.4 Å². The second-order valence-electron chi connectivity index (χ2n) is 3.20. The molecule has 0 bridgehead atoms. The fourth-order valence-corrected chi connectivity index (χ4v) is 1.35. The van der Waals surface area contributed by atoms with Crippen molar-refractivity contribution in [1.29, 1.82) is 0 Å². The summed E-state index contributed by atoms with van der Waals surface area (Å²) in [5.74, 6) is 1.15. The van der Waals surface area contributed by atoms with Gasteiger partial charge in [-0.2, -0.15) is 0 Å². The Morgan fingerprint density at radius 1 is 1.50 bits per heavy atom. The van der Waals surface area contributed by atoms with Crippen LogP contribution in [0, 0.1) is 0 Å². The summed E-state index contributed by atoms with van der Waals surface area (Å²) < 4.78 is 2.17. The molecule has 0 radical (unpaired) electrons. The van der Waals surface area contributed by atoms with Crippen LogP contribution in [0.15, 0.2) is 24.5 Å². The van der Waals surface area contributed by atoms with E-state index in [4.69, 9.17) is 0 Å². The Balaban J connectivity index is 2.33. The number of allylic oxidation sites excluding steroid dienone is 1. The molecule has 0 fully saturated rings. The van der Waals surface area contributed by atoms with Gasteiger partial charge in [-0.1, -0.05) is 12.2 Å². The van der Waals surface area contributed by atoms with E-state index in [2.05, 4.69) is 33.9 Å². The van der Waals surface area contributed by atoms with Gasteiger partial charge < -0.3 is 9.88 Å². The van der Waals surface area contributed by atoms with Crippen molar-refractivity contribution in [2.24, 2.45) is 0 Å². The van der Waals surface area contributed by atoms with Crippen molar-refractivity contribution >= 4 is 0 Å². The van der Waals surface area contributed by atoms with Gasteiger partial charge in [-0.15, -0.1) is 0 Å². The number of imidazole rings is 1. The van der Waals surface area contributed by atoms with Gasteiger partial charge in [-0.05, 0) is 26.9 Å². The highest BCUT2D eigenvalue weighted by molar-refractivity contribution is 4.99. The monoisotopic (exact) mass is 193 g/mol. The maximum absolute atomic E-state index is 4.30. The topological polar surface area (TPSA) is 29.9 Å². The highest BCUT2D eigenvalue weighted by atomic mass is 15.0. The molecule has 0 aliphatic carbocycles. The average molecular weight is 193 g/mol. The molecule has 1 rings (SSSR count). The van der Waals surface area contributed by atoms with Crippen LogP contribution in [0.4, 0.5) is 0 Å². The first kappa shape index (κ1) is 11.0. The van der Waals surface area contributed by atoms with Gasteiger partial charge in [0.25, 0.3) is 0 Å². The second kappa shape index (κ2) is 6.38. The molecule has 1 heterocycles. The van der Waals surface area contributed by atoms with Crippen molar-refractivity contribution in [3.05, 3.63) is 30.4 Å². The number of rotatable bonds is 6. The Morgan fingerprint density at radius 3 is 3.07 bits per heavy atom. The van der Waals surface area contributed by atoms with E-state index >= 15 is 0 Å². The van der Waals surface area contributed by atoms with Crippen LogP contribution >= 0.6 is 0 Å². The maximum Gasteiger partial charge on any atom is 0.112 e. The van der Waals surface area contributed by atoms with Crippen LogP contribution in [0.3, 0.4) is 0 Å². The van der Waals surface area contributed by atoms with Crippen molar-refractivity contribution in [2.75, 3.05) is 13.6 Å². The second-order valence-corrected chi connectivity index (χ2v) is 3.20. The van der Waals surface area contributed by atoms with Gasteiger partial charge in [0.15, 0.2) is 0 Å². The molecule has 0 unspecified atom stereocenters. The van der Waals surface area contributed by atoms with E-state index in [0.717, 1.165) is 31.8 Å². The van der Waals surface area contributed by atoms with E-state index in [-0.39, 0.29) is 0 Å². The first-order chi connectivity index (χ1) is 6.88. The van der Waals surface area contributed by atoms with Gasteiger partial charge in [-0.25, -0.2) is 4.98 Å². The van der Waals surface area contributed by atoms with Crippen molar-refractivity contribution < 1.29 is 0 Å². The largest absolute Gasteiger partial charge is 0.335 e. The lowest BCUT2D eigenvalue weighted by molar-refractivity contribution is 0.715. The zero-order chi connectivity index (χ0) is 10.2. The zero-order valence-corrected chi connectivity index (χ0v) is 9.03. The molecule has 1 aromatic rings. The quantitative estimate of drug-likeness (QED) is 0.549. The molecule has 0 amide bonds. The SMILES string of the molecule is CCn1ccnc1CC=CCCNC. The number of nitrogens with one attached hydrogen (secondary N) is 1. The van der Waals surface area contributed by atoms with Crippen LogP contribution in [0.25, 0.3) is 0 Å². The normalized spacial score (nSPS) is 11.3. The molecule has 78 valence electrons. The molecule has 0 aromatic carbocycles. The number of nitrogens with zero attached hydrogens (tertiary/aromatic N) is 2. The Bertz CT molecular complexity index is 276. The summed E-state index contributed by atoms with van der Waals surface area (Å²) in [5.41, 5.74) is 0. The van der Waals surface area contributed by atoms with Crippen LogP contribution in [0.2, 0.25) is 0 Å². The number of aryl methyl sites for hydroxylation is 1. The molecule has 3 nitrogen and oxygen atoms in total. The van der Waals surface area contributed by atoms with Crippen molar-refractivity contribution in [3.8, 4) is 0 Å². The third kappa shape index (κ3) is 3.34. The Hall–Kier alpha value is -1.09. The maximum atomic E-state index is 4.30. The summed E-state index contributed by atoms with van der Waals surface area (Å²) in [4.78, 5) is 4.30. The summed E-state index contributed by atoms with van der Waals surface area (Å²) in [6.45, 7) is 4.17. The molecule has 0 spiro atoms. The summed E-state index contributed by atoms with van der Waals surface area (Å²) >= 11 is 0. The number of hydrogen-bond acceptors (Lipinski definition) is 2. The summed E-state index contributed by atoms with van der Waals surface area (Å²) in [5, 5.41) is 3.11. The minimum absolute atomic E-state index is 0.935. The van der Waals surface area contributed by atoms with Crippen molar-refractivity contribution in [3.63, 3.8) is 0 Å². The van der Waals surface area contributed by atoms with Gasteiger partial charge in [0, 0.05) is 25.4 Å². The number of hydrogen-bond donors (Lipinski definition) is 1. The van der Waals surface area contributed by atoms with E-state index < -0.39 is 0 Å². The average Bonchev–Trinajstić information content (AvgIpc) is 2.65. The predicted octanol–water partition coefficient (Wildman–Crippen LogP) is 1.61. The first-order valence-corrected chi connectivity index (χ1v) is 5.18. The third-order valence-corrected chi connectivity index (χ3v) is 2.17. The van der Waals surface area contributed by atoms with Gasteiger partial charge >= 0.3 is 0 Å². The lowest BCUT2D eigenvalue weighted by Crippen LogP contribution is -2.05. The van der Waals surface area contributed by atoms with E-state index in [0.29, 0.717) is 0 Å². The molecule has 0 aliphatic heterocycles. The van der Waals surface area contributed by atoms with Gasteiger partial charge in [0.2, 0.25) is 0 Å². The highest BCUT2D eigenvalue weighted by Gasteiger charge is 1.96. The molecule has 14 heavy (non-hydrogen) atoms.